The first-order valence-corrected chi connectivity index (χ1v) is 15.8. The Kier molecular flexibility index (Phi) is 8.88. The second-order valence-electron chi connectivity index (χ2n) is 12.2. The zero-order valence-electron chi connectivity index (χ0n) is 25.7. The molecule has 1 amide bonds. The van der Waals surface area contributed by atoms with Crippen molar-refractivity contribution in [3.8, 4) is 12.2 Å². The van der Waals surface area contributed by atoms with Gasteiger partial charge in [0, 0.05) is 50.5 Å². The minimum absolute atomic E-state index is 0.0239. The Hall–Kier alpha value is -4.58. The zero-order valence-corrected chi connectivity index (χ0v) is 26.5. The van der Waals surface area contributed by atoms with Crippen molar-refractivity contribution in [2.75, 3.05) is 56.5 Å². The summed E-state index contributed by atoms with van der Waals surface area (Å²) in [5.74, 6) is 0.570. The Morgan fingerprint density at radius 1 is 1.04 bits per heavy atom. The summed E-state index contributed by atoms with van der Waals surface area (Å²) in [4.78, 5) is 35.2. The lowest BCUT2D eigenvalue weighted by molar-refractivity contribution is -0.154. The van der Waals surface area contributed by atoms with Crippen LogP contribution in [0.15, 0.2) is 53.1 Å². The van der Waals surface area contributed by atoms with Crippen molar-refractivity contribution >= 4 is 41.1 Å². The molecule has 3 heterocycles. The van der Waals surface area contributed by atoms with Gasteiger partial charge in [0.1, 0.15) is 0 Å². The first-order chi connectivity index (χ1) is 22.4. The number of nitrogens with zero attached hydrogens (tertiary/aromatic N) is 8. The molecule has 1 aromatic carbocycles. The van der Waals surface area contributed by atoms with Gasteiger partial charge in [0.25, 0.3) is 5.91 Å². The number of carbonyl (C=O) groups is 1. The summed E-state index contributed by atoms with van der Waals surface area (Å²) in [6.45, 7) is 4.21. The van der Waals surface area contributed by atoms with Gasteiger partial charge in [0.15, 0.2) is 6.61 Å². The Morgan fingerprint density at radius 2 is 1.70 bits per heavy atom. The molecule has 47 heavy (non-hydrogen) atoms. The highest BCUT2D eigenvalue weighted by atomic mass is 35.5. The fourth-order valence-electron chi connectivity index (χ4n) is 5.59. The molecule has 2 aliphatic heterocycles. The summed E-state index contributed by atoms with van der Waals surface area (Å²) in [6, 6.07) is 6.17. The Labute approximate surface area is 275 Å². The second-order valence-corrected chi connectivity index (χ2v) is 13.0. The van der Waals surface area contributed by atoms with E-state index in [-0.39, 0.29) is 17.8 Å². The third kappa shape index (κ3) is 7.87. The lowest BCUT2D eigenvalue weighted by Gasteiger charge is -2.42. The molecule has 4 aliphatic rings. The van der Waals surface area contributed by atoms with E-state index in [0.29, 0.717) is 49.8 Å². The van der Waals surface area contributed by atoms with Crippen LogP contribution in [-0.2, 0) is 0 Å². The number of halogens is 4. The molecule has 0 spiro atoms. The number of carbonyl (C=O) groups excluding carboxylic acids is 1. The van der Waals surface area contributed by atoms with Crippen molar-refractivity contribution in [1.82, 2.24) is 29.7 Å². The van der Waals surface area contributed by atoms with Gasteiger partial charge in [0.05, 0.1) is 10.4 Å². The van der Waals surface area contributed by atoms with Crippen LogP contribution in [0, 0.1) is 11.5 Å². The molecule has 0 radical (unpaired) electrons. The van der Waals surface area contributed by atoms with Crippen LogP contribution < -0.4 is 15.4 Å². The van der Waals surface area contributed by atoms with Crippen LogP contribution in [0.2, 0.25) is 0 Å². The van der Waals surface area contributed by atoms with E-state index < -0.39 is 29.2 Å². The molecule has 12 nitrogen and oxygen atoms in total. The molecule has 1 atom stereocenters. The van der Waals surface area contributed by atoms with Crippen LogP contribution in [0.1, 0.15) is 43.0 Å². The van der Waals surface area contributed by atoms with Gasteiger partial charge in [-0.25, -0.2) is 0 Å². The standard InChI is InChI=1S/C31H34ClF3N10O2/c1-29(32)9-7-22(8-10-29)30(11-12-30)42-26-39-25(40-27(41-26)47-19-31(33,34)35)38-23-5-3-21(4-6-23)24(46)43-15-17-45(18-16-43)28(37-20-36)44-13-2-14-44/h3-9H,2,10-19H2,1H3,(H2,38,39,40,41,42). The molecule has 2 N–H and O–H groups in total. The predicted molar refractivity (Wildman–Crippen MR) is 170 cm³/mol. The molecule has 1 saturated carbocycles. The number of nitriles is 1. The summed E-state index contributed by atoms with van der Waals surface area (Å²) in [5, 5.41) is 15.4. The van der Waals surface area contributed by atoms with Gasteiger partial charge in [-0.15, -0.1) is 16.6 Å². The van der Waals surface area contributed by atoms with Gasteiger partial charge in [-0.2, -0.15) is 33.4 Å². The number of aromatic nitrogens is 3. The number of alkyl halides is 4. The average Bonchev–Trinajstić information content (AvgIpc) is 3.79. The Bertz CT molecular complexity index is 1620. The molecule has 2 aliphatic carbocycles. The number of aliphatic imine (C=N–C) groups is 1. The quantitative estimate of drug-likeness (QED) is 0.176. The van der Waals surface area contributed by atoms with E-state index in [0.717, 1.165) is 37.9 Å². The van der Waals surface area contributed by atoms with Crippen LogP contribution in [0.4, 0.5) is 30.8 Å². The van der Waals surface area contributed by atoms with Crippen LogP contribution in [0.25, 0.3) is 0 Å². The fraction of sp³-hybridized carbons (Fsp3) is 0.484. The van der Waals surface area contributed by atoms with Crippen LogP contribution in [-0.4, -0.2) is 104 Å². The van der Waals surface area contributed by atoms with Gasteiger partial charge < -0.3 is 30.1 Å². The first-order valence-electron chi connectivity index (χ1n) is 15.4. The lowest BCUT2D eigenvalue weighted by Crippen LogP contribution is -2.57. The van der Waals surface area contributed by atoms with Crippen molar-refractivity contribution in [1.29, 1.82) is 5.26 Å². The summed E-state index contributed by atoms with van der Waals surface area (Å²) in [5.41, 5.74) is 1.54. The molecule has 1 aromatic heterocycles. The second kappa shape index (κ2) is 12.9. The van der Waals surface area contributed by atoms with E-state index in [2.05, 4.69) is 35.5 Å². The molecule has 1 unspecified atom stereocenters. The van der Waals surface area contributed by atoms with Gasteiger partial charge in [0.2, 0.25) is 24.0 Å². The smallest absolute Gasteiger partial charge is 0.422 e. The maximum absolute atomic E-state index is 13.2. The van der Waals surface area contributed by atoms with Gasteiger partial charge in [-0.05, 0) is 62.4 Å². The van der Waals surface area contributed by atoms with E-state index in [1.807, 2.05) is 36.2 Å². The summed E-state index contributed by atoms with van der Waals surface area (Å²) in [7, 11) is 0. The van der Waals surface area contributed by atoms with Gasteiger partial charge >= 0.3 is 12.2 Å². The predicted octanol–water partition coefficient (Wildman–Crippen LogP) is 4.69. The normalized spacial score (nSPS) is 22.2. The zero-order chi connectivity index (χ0) is 33.2. The lowest BCUT2D eigenvalue weighted by atomic mass is 9.92. The number of allylic oxidation sites excluding steroid dienone is 2. The topological polar surface area (TPSA) is 135 Å². The van der Waals surface area contributed by atoms with E-state index in [9.17, 15) is 18.0 Å². The number of rotatable bonds is 8. The largest absolute Gasteiger partial charge is 0.454 e. The molecule has 248 valence electrons. The first kappa shape index (κ1) is 32.4. The summed E-state index contributed by atoms with van der Waals surface area (Å²) >= 11 is 6.43. The van der Waals surface area contributed by atoms with Crippen molar-refractivity contribution in [3.63, 3.8) is 0 Å². The minimum Gasteiger partial charge on any atom is -0.454 e. The Morgan fingerprint density at radius 3 is 2.28 bits per heavy atom. The van der Waals surface area contributed by atoms with Crippen molar-refractivity contribution < 1.29 is 22.7 Å². The average molecular weight is 671 g/mol. The minimum atomic E-state index is -4.58. The highest BCUT2D eigenvalue weighted by molar-refractivity contribution is 6.25. The highest BCUT2D eigenvalue weighted by Gasteiger charge is 2.47. The Balaban J connectivity index is 1.12. The van der Waals surface area contributed by atoms with E-state index in [1.165, 1.54) is 0 Å². The molecular formula is C31H34ClF3N10O2. The number of likely N-dealkylation sites (tertiary alicyclic amines) is 1. The van der Waals surface area contributed by atoms with Gasteiger partial charge in [-0.3, -0.25) is 4.79 Å². The number of hydrogen-bond acceptors (Lipinski definition) is 9. The molecule has 2 saturated heterocycles. The number of benzene rings is 1. The molecular weight excluding hydrogens is 637 g/mol. The molecule has 0 bridgehead atoms. The van der Waals surface area contributed by atoms with E-state index in [4.69, 9.17) is 21.6 Å². The maximum atomic E-state index is 13.2. The summed E-state index contributed by atoms with van der Waals surface area (Å²) in [6.07, 6.45) is 6.51. The SMILES string of the molecule is CC1(Cl)C=CC(C2(Nc3nc(Nc4ccc(C(=O)N5CCN(C(=NC#N)N6CCC6)CC5)cc4)nc(OCC(F)(F)F)n3)CC2)=CC1. The molecule has 16 heteroatoms. The number of ether oxygens (including phenoxy) is 1. The van der Waals surface area contributed by atoms with Crippen LogP contribution in [0.5, 0.6) is 6.01 Å². The summed E-state index contributed by atoms with van der Waals surface area (Å²) < 4.78 is 43.7. The highest BCUT2D eigenvalue weighted by Crippen LogP contribution is 2.47. The van der Waals surface area contributed by atoms with Crippen molar-refractivity contribution in [3.05, 3.63) is 53.6 Å². The number of nitrogens with one attached hydrogen (secondary N) is 2. The number of hydrogen-bond donors (Lipinski definition) is 2. The fourth-order valence-corrected chi connectivity index (χ4v) is 5.73. The van der Waals surface area contributed by atoms with Crippen LogP contribution >= 0.6 is 11.6 Å². The molecule has 2 aromatic rings. The number of anilines is 3. The number of guanidine groups is 1. The monoisotopic (exact) mass is 670 g/mol. The van der Waals surface area contributed by atoms with Crippen molar-refractivity contribution in [2.24, 2.45) is 4.99 Å². The molecule has 3 fully saturated rings. The third-order valence-electron chi connectivity index (χ3n) is 8.49. The third-order valence-corrected chi connectivity index (χ3v) is 8.77. The van der Waals surface area contributed by atoms with Crippen LogP contribution in [0.3, 0.4) is 0 Å². The maximum Gasteiger partial charge on any atom is 0.422 e. The van der Waals surface area contributed by atoms with Crippen molar-refractivity contribution in [2.45, 2.75) is 49.2 Å². The van der Waals surface area contributed by atoms with E-state index in [1.54, 1.807) is 29.2 Å². The van der Waals surface area contributed by atoms with Gasteiger partial charge in [-0.1, -0.05) is 18.2 Å². The molecule has 6 rings (SSSR count). The number of amides is 1. The van der Waals surface area contributed by atoms with E-state index >= 15 is 0 Å². The number of piperazine rings is 1.